The summed E-state index contributed by atoms with van der Waals surface area (Å²) in [4.78, 5) is 10.9. The van der Waals surface area contributed by atoms with Gasteiger partial charge in [-0.15, -0.1) is 0 Å². The normalized spacial score (nSPS) is 39.3. The third kappa shape index (κ3) is 2.33. The van der Waals surface area contributed by atoms with E-state index < -0.39 is 0 Å². The molecule has 4 unspecified atom stereocenters. The van der Waals surface area contributed by atoms with Gasteiger partial charge in [-0.2, -0.15) is 0 Å². The van der Waals surface area contributed by atoms with Gasteiger partial charge in [0.1, 0.15) is 6.61 Å². The van der Waals surface area contributed by atoms with E-state index in [2.05, 4.69) is 6.58 Å². The second-order valence-corrected chi connectivity index (χ2v) is 6.49. The highest BCUT2D eigenvalue weighted by molar-refractivity contribution is 5.81. The maximum atomic E-state index is 10.9. The lowest BCUT2D eigenvalue weighted by atomic mass is 9.72. The van der Waals surface area contributed by atoms with Crippen LogP contribution in [0.4, 0.5) is 0 Å². The second kappa shape index (κ2) is 5.28. The summed E-state index contributed by atoms with van der Waals surface area (Å²) in [5.41, 5.74) is 0.467. The molecule has 0 aromatic carbocycles. The molecule has 3 heteroatoms. The van der Waals surface area contributed by atoms with Crippen molar-refractivity contribution in [1.82, 2.24) is 0 Å². The van der Waals surface area contributed by atoms with Crippen LogP contribution >= 0.6 is 0 Å². The Morgan fingerprint density at radius 3 is 3.05 bits per heavy atom. The molecule has 0 saturated heterocycles. The minimum absolute atomic E-state index is 0.346. The largest absolute Gasteiger partial charge is 0.460 e. The van der Waals surface area contributed by atoms with Gasteiger partial charge in [0, 0.05) is 6.08 Å². The van der Waals surface area contributed by atoms with Gasteiger partial charge < -0.3 is 9.47 Å². The van der Waals surface area contributed by atoms with Gasteiger partial charge in [0.25, 0.3) is 0 Å². The van der Waals surface area contributed by atoms with E-state index in [1.54, 1.807) is 0 Å². The van der Waals surface area contributed by atoms with E-state index in [-0.39, 0.29) is 5.97 Å². The fraction of sp³-hybridized carbons (Fsp3) is 0.812. The molecule has 0 N–H and O–H groups in total. The standard InChI is InChI=1S/C16H24O3/c1-2-15(17)19-9-8-18-11-16-7-6-12(10-16)13-4-3-5-14(13)16/h2,12-14H,1,3-11H2. The highest BCUT2D eigenvalue weighted by Gasteiger charge is 2.58. The van der Waals surface area contributed by atoms with E-state index in [9.17, 15) is 4.79 Å². The molecule has 0 spiro atoms. The third-order valence-corrected chi connectivity index (χ3v) is 5.67. The Morgan fingerprint density at radius 1 is 1.32 bits per heavy atom. The number of hydrogen-bond acceptors (Lipinski definition) is 3. The average Bonchev–Trinajstić information content (AvgIpc) is 3.10. The van der Waals surface area contributed by atoms with Crippen LogP contribution in [0.2, 0.25) is 0 Å². The molecule has 3 nitrogen and oxygen atoms in total. The van der Waals surface area contributed by atoms with Crippen molar-refractivity contribution in [2.24, 2.45) is 23.2 Å². The van der Waals surface area contributed by atoms with Gasteiger partial charge in [0.2, 0.25) is 0 Å². The molecule has 19 heavy (non-hydrogen) atoms. The minimum atomic E-state index is -0.362. The van der Waals surface area contributed by atoms with Crippen LogP contribution in [0.25, 0.3) is 0 Å². The lowest BCUT2D eigenvalue weighted by Gasteiger charge is -2.35. The van der Waals surface area contributed by atoms with Crippen LogP contribution in [-0.4, -0.2) is 25.8 Å². The molecule has 0 aliphatic heterocycles. The first-order valence-electron chi connectivity index (χ1n) is 7.62. The predicted octanol–water partition coefficient (Wildman–Crippen LogP) is 2.95. The maximum Gasteiger partial charge on any atom is 0.330 e. The van der Waals surface area contributed by atoms with E-state index in [1.807, 2.05) is 0 Å². The topological polar surface area (TPSA) is 35.5 Å². The van der Waals surface area contributed by atoms with Crippen LogP contribution in [0.1, 0.15) is 38.5 Å². The summed E-state index contributed by atoms with van der Waals surface area (Å²) < 4.78 is 10.8. The fourth-order valence-electron chi connectivity index (χ4n) is 4.99. The van der Waals surface area contributed by atoms with Gasteiger partial charge in [-0.3, -0.25) is 0 Å². The van der Waals surface area contributed by atoms with Crippen LogP contribution in [0, 0.1) is 23.2 Å². The van der Waals surface area contributed by atoms with Crippen LogP contribution in [0.3, 0.4) is 0 Å². The lowest BCUT2D eigenvalue weighted by Crippen LogP contribution is -2.32. The minimum Gasteiger partial charge on any atom is -0.460 e. The summed E-state index contributed by atoms with van der Waals surface area (Å²) in [5.74, 6) is 2.53. The molecular weight excluding hydrogens is 240 g/mol. The molecule has 0 radical (unpaired) electrons. The molecular formula is C16H24O3. The molecule has 4 atom stereocenters. The number of carbonyl (C=O) groups is 1. The summed E-state index contributed by atoms with van der Waals surface area (Å²) in [5, 5.41) is 0. The summed E-state index contributed by atoms with van der Waals surface area (Å²) in [6, 6.07) is 0. The Bertz CT molecular complexity index is 365. The molecule has 106 valence electrons. The van der Waals surface area contributed by atoms with Gasteiger partial charge in [-0.05, 0) is 55.3 Å². The second-order valence-electron chi connectivity index (χ2n) is 6.49. The number of esters is 1. The molecule has 0 aromatic rings. The first-order chi connectivity index (χ1) is 9.25. The van der Waals surface area contributed by atoms with Crippen molar-refractivity contribution in [3.05, 3.63) is 12.7 Å². The van der Waals surface area contributed by atoms with Gasteiger partial charge in [0.05, 0.1) is 13.2 Å². The van der Waals surface area contributed by atoms with Crippen LogP contribution in [0.5, 0.6) is 0 Å². The van der Waals surface area contributed by atoms with Gasteiger partial charge in [-0.25, -0.2) is 4.79 Å². The SMILES string of the molecule is C=CC(=O)OCCOCC12CCC(C1)C1CCCC12. The molecule has 0 heterocycles. The number of fused-ring (bicyclic) bond motifs is 5. The van der Waals surface area contributed by atoms with Crippen LogP contribution in [0.15, 0.2) is 12.7 Å². The maximum absolute atomic E-state index is 10.9. The molecule has 3 saturated carbocycles. The molecule has 3 rings (SSSR count). The van der Waals surface area contributed by atoms with Crippen molar-refractivity contribution >= 4 is 5.97 Å². The zero-order valence-electron chi connectivity index (χ0n) is 11.6. The molecule has 0 aromatic heterocycles. The number of rotatable bonds is 6. The van der Waals surface area contributed by atoms with Crippen LogP contribution in [-0.2, 0) is 14.3 Å². The Morgan fingerprint density at radius 2 is 2.21 bits per heavy atom. The Kier molecular flexibility index (Phi) is 3.66. The fourth-order valence-corrected chi connectivity index (χ4v) is 4.99. The number of hydrogen-bond donors (Lipinski definition) is 0. The summed E-state index contributed by atoms with van der Waals surface area (Å²) in [7, 11) is 0. The molecule has 3 aliphatic carbocycles. The van der Waals surface area contributed by atoms with Gasteiger partial charge in [0.15, 0.2) is 0 Å². The predicted molar refractivity (Wildman–Crippen MR) is 72.6 cm³/mol. The van der Waals surface area contributed by atoms with E-state index in [1.165, 1.54) is 44.6 Å². The molecule has 3 fully saturated rings. The first kappa shape index (κ1) is 13.2. The highest BCUT2D eigenvalue weighted by Crippen LogP contribution is 2.65. The number of carbonyl (C=O) groups excluding carboxylic acids is 1. The molecule has 3 aliphatic rings. The van der Waals surface area contributed by atoms with E-state index in [0.717, 1.165) is 24.4 Å². The van der Waals surface area contributed by atoms with Crippen molar-refractivity contribution in [3.8, 4) is 0 Å². The Labute approximate surface area is 115 Å². The third-order valence-electron chi connectivity index (χ3n) is 5.67. The van der Waals surface area contributed by atoms with E-state index >= 15 is 0 Å². The van der Waals surface area contributed by atoms with E-state index in [0.29, 0.717) is 18.6 Å². The van der Waals surface area contributed by atoms with Crippen molar-refractivity contribution < 1.29 is 14.3 Å². The Hall–Kier alpha value is -0.830. The summed E-state index contributed by atoms with van der Waals surface area (Å²) in [6.07, 6.45) is 9.63. The summed E-state index contributed by atoms with van der Waals surface area (Å²) >= 11 is 0. The highest BCUT2D eigenvalue weighted by atomic mass is 16.6. The monoisotopic (exact) mass is 264 g/mol. The van der Waals surface area contributed by atoms with Crippen molar-refractivity contribution in [1.29, 1.82) is 0 Å². The zero-order chi connectivity index (χ0) is 13.3. The molecule has 0 amide bonds. The van der Waals surface area contributed by atoms with Crippen molar-refractivity contribution in [2.45, 2.75) is 38.5 Å². The van der Waals surface area contributed by atoms with Crippen molar-refractivity contribution in [3.63, 3.8) is 0 Å². The number of ether oxygens (including phenoxy) is 2. The Balaban J connectivity index is 1.45. The quantitative estimate of drug-likeness (QED) is 0.420. The van der Waals surface area contributed by atoms with Gasteiger partial charge >= 0.3 is 5.97 Å². The van der Waals surface area contributed by atoms with E-state index in [4.69, 9.17) is 9.47 Å². The zero-order valence-corrected chi connectivity index (χ0v) is 11.6. The smallest absolute Gasteiger partial charge is 0.330 e. The molecule has 2 bridgehead atoms. The average molecular weight is 264 g/mol. The lowest BCUT2D eigenvalue weighted by molar-refractivity contribution is -0.139. The van der Waals surface area contributed by atoms with Crippen LogP contribution < -0.4 is 0 Å². The van der Waals surface area contributed by atoms with Crippen molar-refractivity contribution in [2.75, 3.05) is 19.8 Å². The van der Waals surface area contributed by atoms with Gasteiger partial charge in [-0.1, -0.05) is 13.0 Å². The first-order valence-corrected chi connectivity index (χ1v) is 7.62. The summed E-state index contributed by atoms with van der Waals surface area (Å²) in [6.45, 7) is 5.11.